The number of carbonyl (C=O) groups excluding carboxylic acids is 1. The fourth-order valence-electron chi connectivity index (χ4n) is 1.75. The van der Waals surface area contributed by atoms with Crippen LogP contribution in [0.1, 0.15) is 0 Å². The molecule has 0 radical (unpaired) electrons. The normalized spacial score (nSPS) is 12.2. The Morgan fingerprint density at radius 3 is 2.42 bits per heavy atom. The second-order valence-corrected chi connectivity index (χ2v) is 6.00. The predicted molar refractivity (Wildman–Crippen MR) is 77.0 cm³/mol. The van der Waals surface area contributed by atoms with Gasteiger partial charge in [0, 0.05) is 20.8 Å². The number of hydrogen-bond donors (Lipinski definition) is 0. The first-order valence-electron chi connectivity index (χ1n) is 5.70. The van der Waals surface area contributed by atoms with Crippen molar-refractivity contribution in [3.05, 3.63) is 55.1 Å². The maximum Gasteiger partial charge on any atom is 0.335 e. The van der Waals surface area contributed by atoms with Crippen molar-refractivity contribution in [1.82, 2.24) is 0 Å². The Kier molecular flexibility index (Phi) is 3.36. The lowest BCUT2D eigenvalue weighted by Gasteiger charge is -2.19. The van der Waals surface area contributed by atoms with Gasteiger partial charge in [-0.05, 0) is 24.3 Å². The monoisotopic (exact) mass is 286 g/mol. The van der Waals surface area contributed by atoms with Crippen LogP contribution in [-0.2, 0) is 4.79 Å². The highest BCUT2D eigenvalue weighted by atomic mass is 32.2. The van der Waals surface area contributed by atoms with E-state index in [0.29, 0.717) is 5.75 Å². The highest BCUT2D eigenvalue weighted by Crippen LogP contribution is 2.51. The molecule has 1 aliphatic heterocycles. The topological polar surface area (TPSA) is 26.3 Å². The molecule has 0 bridgehead atoms. The minimum absolute atomic E-state index is 0.433. The molecule has 0 amide bonds. The summed E-state index contributed by atoms with van der Waals surface area (Å²) in [7, 11) is 0. The summed E-state index contributed by atoms with van der Waals surface area (Å²) < 4.78 is 5.29. The van der Waals surface area contributed by atoms with Gasteiger partial charge >= 0.3 is 5.97 Å². The molecule has 0 atom stereocenters. The van der Waals surface area contributed by atoms with Gasteiger partial charge in [0.05, 0.1) is 4.90 Å². The number of benzene rings is 2. The molecule has 0 saturated carbocycles. The molecule has 0 fully saturated rings. The van der Waals surface area contributed by atoms with Gasteiger partial charge in [0.1, 0.15) is 5.75 Å². The second kappa shape index (κ2) is 5.15. The molecule has 3 rings (SSSR count). The van der Waals surface area contributed by atoms with E-state index in [-0.39, 0.29) is 0 Å². The molecule has 0 spiro atoms. The van der Waals surface area contributed by atoms with Gasteiger partial charge in [0.25, 0.3) is 0 Å². The first-order chi connectivity index (χ1) is 9.28. The molecular weight excluding hydrogens is 276 g/mol. The van der Waals surface area contributed by atoms with Crippen LogP contribution in [0.5, 0.6) is 5.75 Å². The van der Waals surface area contributed by atoms with Crippen LogP contribution in [0.4, 0.5) is 0 Å². The number of hydrogen-bond acceptors (Lipinski definition) is 4. The highest BCUT2D eigenvalue weighted by molar-refractivity contribution is 8.05. The van der Waals surface area contributed by atoms with E-state index >= 15 is 0 Å². The molecule has 19 heavy (non-hydrogen) atoms. The zero-order valence-corrected chi connectivity index (χ0v) is 11.6. The molecule has 4 heteroatoms. The van der Waals surface area contributed by atoms with Crippen LogP contribution in [-0.4, -0.2) is 5.97 Å². The van der Waals surface area contributed by atoms with Crippen molar-refractivity contribution in [2.45, 2.75) is 19.6 Å². The summed E-state index contributed by atoms with van der Waals surface area (Å²) in [6, 6.07) is 13.9. The standard InChI is InChI=1S/C15H10O2S2/c1-2-14(16)17-10-6-5-9-13-15(10)19-12-8-4-3-7-11(12)18-13/h2-9H,1H2. The zero-order chi connectivity index (χ0) is 13.2. The minimum Gasteiger partial charge on any atom is -0.422 e. The minimum atomic E-state index is -0.433. The van der Waals surface area contributed by atoms with Crippen molar-refractivity contribution in [2.24, 2.45) is 0 Å². The van der Waals surface area contributed by atoms with Gasteiger partial charge in [0.15, 0.2) is 0 Å². The summed E-state index contributed by atoms with van der Waals surface area (Å²) in [5.41, 5.74) is 0. The van der Waals surface area contributed by atoms with Crippen LogP contribution in [0.15, 0.2) is 74.7 Å². The SMILES string of the molecule is C=CC(=O)Oc1cccc2c1Sc1ccccc1S2. The average molecular weight is 286 g/mol. The summed E-state index contributed by atoms with van der Waals surface area (Å²) in [6.45, 7) is 3.42. The first kappa shape index (κ1) is 12.4. The number of rotatable bonds is 2. The third-order valence-electron chi connectivity index (χ3n) is 2.60. The zero-order valence-electron chi connectivity index (χ0n) is 9.96. The van der Waals surface area contributed by atoms with Crippen LogP contribution in [0, 0.1) is 0 Å². The molecule has 0 unspecified atom stereocenters. The molecule has 2 aromatic rings. The van der Waals surface area contributed by atoms with Gasteiger partial charge in [-0.15, -0.1) is 0 Å². The summed E-state index contributed by atoms with van der Waals surface area (Å²) in [5.74, 6) is 0.160. The smallest absolute Gasteiger partial charge is 0.335 e. The van der Waals surface area contributed by atoms with Crippen LogP contribution in [0.2, 0.25) is 0 Å². The number of fused-ring (bicyclic) bond motifs is 2. The van der Waals surface area contributed by atoms with Gasteiger partial charge in [-0.25, -0.2) is 4.79 Å². The Labute approximate surface area is 119 Å². The van der Waals surface area contributed by atoms with Gasteiger partial charge < -0.3 is 4.74 Å². The predicted octanol–water partition coefficient (Wildman–Crippen LogP) is 4.39. The third kappa shape index (κ3) is 2.41. The summed E-state index contributed by atoms with van der Waals surface area (Å²) in [5, 5.41) is 0. The quantitative estimate of drug-likeness (QED) is 0.396. The fraction of sp³-hybridized carbons (Fsp3) is 0. The average Bonchev–Trinajstić information content (AvgIpc) is 2.45. The lowest BCUT2D eigenvalue weighted by atomic mass is 10.3. The largest absolute Gasteiger partial charge is 0.422 e. The van der Waals surface area contributed by atoms with Crippen molar-refractivity contribution >= 4 is 29.5 Å². The van der Waals surface area contributed by atoms with E-state index < -0.39 is 5.97 Å². The summed E-state index contributed by atoms with van der Waals surface area (Å²) >= 11 is 3.32. The summed E-state index contributed by atoms with van der Waals surface area (Å²) in [4.78, 5) is 15.9. The Bertz CT molecular complexity index is 665. The summed E-state index contributed by atoms with van der Waals surface area (Å²) in [6.07, 6.45) is 1.17. The van der Waals surface area contributed by atoms with Crippen molar-refractivity contribution in [3.63, 3.8) is 0 Å². The lowest BCUT2D eigenvalue weighted by Crippen LogP contribution is -2.05. The molecule has 1 aliphatic rings. The van der Waals surface area contributed by atoms with E-state index in [9.17, 15) is 4.79 Å². The number of carbonyl (C=O) groups is 1. The van der Waals surface area contributed by atoms with Crippen molar-refractivity contribution in [2.75, 3.05) is 0 Å². The lowest BCUT2D eigenvalue weighted by molar-refractivity contribution is -0.129. The van der Waals surface area contributed by atoms with E-state index in [1.54, 1.807) is 23.5 Å². The Hall–Kier alpha value is -1.65. The van der Waals surface area contributed by atoms with Crippen molar-refractivity contribution in [1.29, 1.82) is 0 Å². The van der Waals surface area contributed by atoms with Gasteiger partial charge in [0.2, 0.25) is 0 Å². The van der Waals surface area contributed by atoms with Crippen LogP contribution >= 0.6 is 23.5 Å². The molecular formula is C15H10O2S2. The second-order valence-electron chi connectivity index (χ2n) is 3.86. The molecule has 1 heterocycles. The van der Waals surface area contributed by atoms with Crippen LogP contribution < -0.4 is 4.74 Å². The van der Waals surface area contributed by atoms with E-state index in [1.807, 2.05) is 30.3 Å². The maximum absolute atomic E-state index is 11.4. The van der Waals surface area contributed by atoms with Crippen molar-refractivity contribution in [3.8, 4) is 5.75 Å². The van der Waals surface area contributed by atoms with Crippen LogP contribution in [0.3, 0.4) is 0 Å². The molecule has 0 N–H and O–H groups in total. The highest BCUT2D eigenvalue weighted by Gasteiger charge is 2.20. The molecule has 0 aromatic heterocycles. The Morgan fingerprint density at radius 2 is 1.68 bits per heavy atom. The maximum atomic E-state index is 11.4. The van der Waals surface area contributed by atoms with Crippen LogP contribution in [0.25, 0.3) is 0 Å². The Morgan fingerprint density at radius 1 is 1.00 bits per heavy atom. The third-order valence-corrected chi connectivity index (χ3v) is 5.20. The van der Waals surface area contributed by atoms with Gasteiger partial charge in [-0.1, -0.05) is 48.3 Å². The molecule has 0 aliphatic carbocycles. The first-order valence-corrected chi connectivity index (χ1v) is 7.33. The van der Waals surface area contributed by atoms with Gasteiger partial charge in [-0.3, -0.25) is 0 Å². The molecule has 2 aromatic carbocycles. The fourth-order valence-corrected chi connectivity index (χ4v) is 4.06. The van der Waals surface area contributed by atoms with E-state index in [0.717, 1.165) is 9.79 Å². The Balaban J connectivity index is 2.01. The molecule has 94 valence electrons. The molecule has 0 saturated heterocycles. The van der Waals surface area contributed by atoms with Crippen molar-refractivity contribution < 1.29 is 9.53 Å². The van der Waals surface area contributed by atoms with E-state index in [1.165, 1.54) is 15.9 Å². The van der Waals surface area contributed by atoms with Gasteiger partial charge in [-0.2, -0.15) is 0 Å². The number of esters is 1. The van der Waals surface area contributed by atoms with E-state index in [4.69, 9.17) is 4.74 Å². The number of ether oxygens (including phenoxy) is 1. The molecule has 2 nitrogen and oxygen atoms in total. The van der Waals surface area contributed by atoms with E-state index in [2.05, 4.69) is 18.7 Å².